The molecule has 8 heavy (non-hydrogen) atoms. The summed E-state index contributed by atoms with van der Waals surface area (Å²) in [4.78, 5) is 0. The average Bonchev–Trinajstić information content (AvgIpc) is 1.65. The third-order valence-electron chi connectivity index (χ3n) is 1.43. The molecule has 0 aliphatic carbocycles. The van der Waals surface area contributed by atoms with Crippen LogP contribution < -0.4 is 0 Å². The van der Waals surface area contributed by atoms with Crippen molar-refractivity contribution < 1.29 is 5.11 Å². The van der Waals surface area contributed by atoms with E-state index in [-0.39, 0.29) is 7.43 Å². The fourth-order valence-corrected chi connectivity index (χ4v) is 0.211. The van der Waals surface area contributed by atoms with E-state index in [4.69, 9.17) is 5.11 Å². The van der Waals surface area contributed by atoms with Gasteiger partial charge in [0.1, 0.15) is 0 Å². The van der Waals surface area contributed by atoms with Gasteiger partial charge >= 0.3 is 0 Å². The van der Waals surface area contributed by atoms with Gasteiger partial charge in [-0.25, -0.2) is 0 Å². The van der Waals surface area contributed by atoms with Gasteiger partial charge in [-0.1, -0.05) is 28.2 Å². The molecule has 1 heteroatoms. The van der Waals surface area contributed by atoms with E-state index in [0.717, 1.165) is 0 Å². The van der Waals surface area contributed by atoms with E-state index in [1.165, 1.54) is 0 Å². The molecule has 0 rings (SSSR count). The second-order valence-electron chi connectivity index (χ2n) is 2.40. The average molecular weight is 118 g/mol. The van der Waals surface area contributed by atoms with E-state index < -0.39 is 0 Å². The third-order valence-corrected chi connectivity index (χ3v) is 1.43. The molecule has 0 saturated carbocycles. The van der Waals surface area contributed by atoms with Crippen molar-refractivity contribution in [3.05, 3.63) is 0 Å². The molecule has 0 heterocycles. The number of aliphatic hydroxyl groups excluding tert-OH is 1. The standard InChI is InChI=1S/C6H14O.CH4/c1-5(2)6(3)4-7;/h5-7H,4H2,1-3H3;1H4/t6-;/m1./s1. The van der Waals surface area contributed by atoms with Crippen molar-refractivity contribution >= 4 is 0 Å². The van der Waals surface area contributed by atoms with E-state index >= 15 is 0 Å². The van der Waals surface area contributed by atoms with Gasteiger partial charge in [0.2, 0.25) is 0 Å². The van der Waals surface area contributed by atoms with E-state index in [2.05, 4.69) is 13.8 Å². The van der Waals surface area contributed by atoms with Crippen molar-refractivity contribution in [1.82, 2.24) is 0 Å². The summed E-state index contributed by atoms with van der Waals surface area (Å²) < 4.78 is 0. The van der Waals surface area contributed by atoms with Crippen molar-refractivity contribution in [3.8, 4) is 0 Å². The molecule has 0 aromatic heterocycles. The molecule has 0 unspecified atom stereocenters. The lowest BCUT2D eigenvalue weighted by molar-refractivity contribution is 0.203. The Balaban J connectivity index is 0. The molecule has 1 atom stereocenters. The second-order valence-corrected chi connectivity index (χ2v) is 2.40. The van der Waals surface area contributed by atoms with Crippen LogP contribution in [-0.4, -0.2) is 11.7 Å². The molecule has 0 bridgehead atoms. The minimum absolute atomic E-state index is 0. The summed E-state index contributed by atoms with van der Waals surface area (Å²) in [6.07, 6.45) is 0. The van der Waals surface area contributed by atoms with Crippen molar-refractivity contribution in [2.24, 2.45) is 11.8 Å². The Kier molecular flexibility index (Phi) is 6.93. The Morgan fingerprint density at radius 2 is 1.62 bits per heavy atom. The van der Waals surface area contributed by atoms with Crippen LogP contribution in [0.3, 0.4) is 0 Å². The highest BCUT2D eigenvalue weighted by atomic mass is 16.3. The number of hydrogen-bond acceptors (Lipinski definition) is 1. The Bertz CT molecular complexity index is 41.7. The van der Waals surface area contributed by atoms with Crippen molar-refractivity contribution in [1.29, 1.82) is 0 Å². The minimum atomic E-state index is 0. The van der Waals surface area contributed by atoms with Crippen molar-refractivity contribution in [2.75, 3.05) is 6.61 Å². The molecular formula is C7H18O. The van der Waals surface area contributed by atoms with Crippen LogP contribution >= 0.6 is 0 Å². The quantitative estimate of drug-likeness (QED) is 0.587. The predicted molar refractivity (Wildman–Crippen MR) is 37.8 cm³/mol. The molecule has 1 N–H and O–H groups in total. The lowest BCUT2D eigenvalue weighted by atomic mass is 10.00. The smallest absolute Gasteiger partial charge is 0.0459 e. The monoisotopic (exact) mass is 118 g/mol. The molecule has 52 valence electrons. The fraction of sp³-hybridized carbons (Fsp3) is 1.00. The van der Waals surface area contributed by atoms with E-state index in [1.54, 1.807) is 0 Å². The Morgan fingerprint density at radius 1 is 1.25 bits per heavy atom. The molecule has 0 fully saturated rings. The highest BCUT2D eigenvalue weighted by Crippen LogP contribution is 2.06. The molecule has 0 spiro atoms. The topological polar surface area (TPSA) is 20.2 Å². The summed E-state index contributed by atoms with van der Waals surface area (Å²) in [5.74, 6) is 1.07. The van der Waals surface area contributed by atoms with Gasteiger partial charge in [0.25, 0.3) is 0 Å². The largest absolute Gasteiger partial charge is 0.396 e. The van der Waals surface area contributed by atoms with Crippen LogP contribution in [0.25, 0.3) is 0 Å². The molecular weight excluding hydrogens is 100 g/mol. The van der Waals surface area contributed by atoms with Gasteiger partial charge in [-0.2, -0.15) is 0 Å². The zero-order valence-corrected chi connectivity index (χ0v) is 5.31. The molecule has 0 aliphatic rings. The van der Waals surface area contributed by atoms with Crippen LogP contribution in [0.2, 0.25) is 0 Å². The van der Waals surface area contributed by atoms with Crippen molar-refractivity contribution in [3.63, 3.8) is 0 Å². The maximum Gasteiger partial charge on any atom is 0.0459 e. The van der Waals surface area contributed by atoms with Gasteiger partial charge in [0, 0.05) is 6.61 Å². The summed E-state index contributed by atoms with van der Waals surface area (Å²) >= 11 is 0. The highest BCUT2D eigenvalue weighted by Gasteiger charge is 2.02. The summed E-state index contributed by atoms with van der Waals surface area (Å²) in [5.41, 5.74) is 0. The minimum Gasteiger partial charge on any atom is -0.396 e. The Hall–Kier alpha value is -0.0400. The number of hydrogen-bond donors (Lipinski definition) is 1. The Labute approximate surface area is 52.7 Å². The molecule has 1 nitrogen and oxygen atoms in total. The van der Waals surface area contributed by atoms with Crippen molar-refractivity contribution in [2.45, 2.75) is 28.2 Å². The van der Waals surface area contributed by atoms with Crippen LogP contribution in [0.5, 0.6) is 0 Å². The van der Waals surface area contributed by atoms with Gasteiger partial charge < -0.3 is 5.11 Å². The lowest BCUT2D eigenvalue weighted by Gasteiger charge is -2.09. The first-order chi connectivity index (χ1) is 3.18. The molecule has 0 saturated heterocycles. The summed E-state index contributed by atoms with van der Waals surface area (Å²) in [6, 6.07) is 0. The zero-order valence-electron chi connectivity index (χ0n) is 5.31. The molecule has 0 aromatic rings. The van der Waals surface area contributed by atoms with Crippen LogP contribution in [0.15, 0.2) is 0 Å². The van der Waals surface area contributed by atoms with Gasteiger partial charge in [-0.15, -0.1) is 0 Å². The lowest BCUT2D eigenvalue weighted by Crippen LogP contribution is -2.07. The second kappa shape index (κ2) is 5.10. The summed E-state index contributed by atoms with van der Waals surface area (Å²) in [5, 5.41) is 8.51. The first-order valence-electron chi connectivity index (χ1n) is 2.79. The van der Waals surface area contributed by atoms with Crippen LogP contribution in [0.1, 0.15) is 28.2 Å². The van der Waals surface area contributed by atoms with Crippen LogP contribution in [0, 0.1) is 11.8 Å². The normalized spacial score (nSPS) is 13.1. The van der Waals surface area contributed by atoms with Gasteiger partial charge in [-0.3, -0.25) is 0 Å². The number of aliphatic hydroxyl groups is 1. The van der Waals surface area contributed by atoms with Gasteiger partial charge in [0.15, 0.2) is 0 Å². The Morgan fingerprint density at radius 3 is 1.62 bits per heavy atom. The molecule has 0 aliphatic heterocycles. The third kappa shape index (κ3) is 4.13. The first-order valence-corrected chi connectivity index (χ1v) is 2.79. The summed E-state index contributed by atoms with van der Waals surface area (Å²) in [6.45, 7) is 6.59. The van der Waals surface area contributed by atoms with E-state index in [0.29, 0.717) is 18.4 Å². The van der Waals surface area contributed by atoms with E-state index in [9.17, 15) is 0 Å². The molecule has 0 radical (unpaired) electrons. The molecule has 0 amide bonds. The maximum absolute atomic E-state index is 8.51. The fourth-order valence-electron chi connectivity index (χ4n) is 0.211. The molecule has 0 aromatic carbocycles. The SMILES string of the molecule is C.CC(C)[C@H](C)CO. The first kappa shape index (κ1) is 10.9. The van der Waals surface area contributed by atoms with Crippen LogP contribution in [-0.2, 0) is 0 Å². The summed E-state index contributed by atoms with van der Waals surface area (Å²) in [7, 11) is 0. The maximum atomic E-state index is 8.51. The van der Waals surface area contributed by atoms with Crippen LogP contribution in [0.4, 0.5) is 0 Å². The van der Waals surface area contributed by atoms with Gasteiger partial charge in [0.05, 0.1) is 0 Å². The zero-order chi connectivity index (χ0) is 5.86. The number of rotatable bonds is 2. The highest BCUT2D eigenvalue weighted by molar-refractivity contribution is 4.52. The van der Waals surface area contributed by atoms with E-state index in [1.807, 2.05) is 6.92 Å². The predicted octanol–water partition coefficient (Wildman–Crippen LogP) is 1.91. The van der Waals surface area contributed by atoms with Gasteiger partial charge in [-0.05, 0) is 11.8 Å².